The number of aromatic nitrogens is 3. The number of hydrogen-bond donors (Lipinski definition) is 2. The first kappa shape index (κ1) is 19.6. The molecule has 1 saturated heterocycles. The zero-order valence-electron chi connectivity index (χ0n) is 15.0. The molecule has 0 spiro atoms. The summed E-state index contributed by atoms with van der Waals surface area (Å²) in [6.45, 7) is 9.63. The lowest BCUT2D eigenvalue weighted by molar-refractivity contribution is 0.0539. The van der Waals surface area contributed by atoms with Crippen LogP contribution in [0.25, 0.3) is 0 Å². The van der Waals surface area contributed by atoms with Crippen LogP contribution in [0.4, 0.5) is 5.95 Å². The summed E-state index contributed by atoms with van der Waals surface area (Å²) in [6, 6.07) is 0. The van der Waals surface area contributed by atoms with Crippen molar-refractivity contribution in [2.75, 3.05) is 19.0 Å². The summed E-state index contributed by atoms with van der Waals surface area (Å²) in [6.07, 6.45) is 3.29. The van der Waals surface area contributed by atoms with E-state index in [9.17, 15) is 0 Å². The standard InChI is InChI=1S/C16H27Cl2N5O/c1-15(2)7-10(8-16(3,4)23-15)6-11(24-5)9-19-14-21-12(17)20-13(18)22-14/h10-11,23H,6-9H2,1-5H3,(H,19,20,21,22). The third-order valence-electron chi connectivity index (χ3n) is 4.27. The fourth-order valence-electron chi connectivity index (χ4n) is 3.95. The molecule has 2 heterocycles. The maximum Gasteiger partial charge on any atom is 0.228 e. The van der Waals surface area contributed by atoms with Crippen LogP contribution in [0.5, 0.6) is 0 Å². The van der Waals surface area contributed by atoms with Gasteiger partial charge in [-0.15, -0.1) is 0 Å². The predicted octanol–water partition coefficient (Wildman–Crippen LogP) is 3.55. The van der Waals surface area contributed by atoms with Crippen LogP contribution in [-0.4, -0.2) is 45.8 Å². The highest BCUT2D eigenvalue weighted by molar-refractivity contribution is 6.31. The van der Waals surface area contributed by atoms with E-state index in [0.29, 0.717) is 18.4 Å². The number of nitrogens with zero attached hydrogens (tertiary/aromatic N) is 3. The molecule has 1 fully saturated rings. The van der Waals surface area contributed by atoms with Crippen molar-refractivity contribution >= 4 is 29.2 Å². The molecule has 1 aromatic rings. The topological polar surface area (TPSA) is 72.0 Å². The van der Waals surface area contributed by atoms with E-state index in [4.69, 9.17) is 27.9 Å². The van der Waals surface area contributed by atoms with E-state index in [1.165, 1.54) is 0 Å². The fourth-order valence-corrected chi connectivity index (χ4v) is 4.31. The summed E-state index contributed by atoms with van der Waals surface area (Å²) in [7, 11) is 1.73. The molecule has 2 rings (SSSR count). The Labute approximate surface area is 154 Å². The van der Waals surface area contributed by atoms with E-state index in [1.54, 1.807) is 7.11 Å². The first-order valence-electron chi connectivity index (χ1n) is 8.22. The van der Waals surface area contributed by atoms with Gasteiger partial charge in [0.1, 0.15) is 0 Å². The van der Waals surface area contributed by atoms with Crippen LogP contribution < -0.4 is 10.6 Å². The molecule has 6 nitrogen and oxygen atoms in total. The second kappa shape index (κ2) is 7.68. The molecule has 1 unspecified atom stereocenters. The first-order valence-corrected chi connectivity index (χ1v) is 8.97. The minimum absolute atomic E-state index is 0.0639. The Kier molecular flexibility index (Phi) is 6.29. The average Bonchev–Trinajstić information content (AvgIpc) is 2.38. The van der Waals surface area contributed by atoms with Crippen LogP contribution in [0.2, 0.25) is 10.6 Å². The number of anilines is 1. The van der Waals surface area contributed by atoms with Crippen molar-refractivity contribution in [3.8, 4) is 0 Å². The summed E-state index contributed by atoms with van der Waals surface area (Å²) in [4.78, 5) is 11.8. The summed E-state index contributed by atoms with van der Waals surface area (Å²) in [5.41, 5.74) is 0.265. The molecule has 0 aromatic carbocycles. The molecule has 136 valence electrons. The lowest BCUT2D eigenvalue weighted by Crippen LogP contribution is -2.58. The highest BCUT2D eigenvalue weighted by atomic mass is 35.5. The van der Waals surface area contributed by atoms with E-state index >= 15 is 0 Å². The second-order valence-electron chi connectivity index (χ2n) is 7.84. The second-order valence-corrected chi connectivity index (χ2v) is 8.51. The van der Waals surface area contributed by atoms with Crippen LogP contribution in [-0.2, 0) is 4.74 Å². The number of halogens is 2. The number of methoxy groups -OCH3 is 1. The Morgan fingerprint density at radius 2 is 1.67 bits per heavy atom. The number of ether oxygens (including phenoxy) is 1. The van der Waals surface area contributed by atoms with Crippen LogP contribution in [0, 0.1) is 5.92 Å². The van der Waals surface area contributed by atoms with Crippen LogP contribution in [0.1, 0.15) is 47.0 Å². The summed E-state index contributed by atoms with van der Waals surface area (Å²) in [5, 5.41) is 7.00. The molecule has 0 aliphatic carbocycles. The molecule has 1 atom stereocenters. The third-order valence-corrected chi connectivity index (χ3v) is 4.61. The molecule has 1 aromatic heterocycles. The normalized spacial score (nSPS) is 21.5. The molecule has 0 bridgehead atoms. The minimum atomic E-state index is 0.0639. The molecule has 8 heteroatoms. The molecule has 1 aliphatic rings. The lowest BCUT2D eigenvalue weighted by atomic mass is 9.74. The van der Waals surface area contributed by atoms with Gasteiger partial charge in [-0.25, -0.2) is 0 Å². The van der Waals surface area contributed by atoms with Crippen molar-refractivity contribution in [3.63, 3.8) is 0 Å². The highest BCUT2D eigenvalue weighted by Crippen LogP contribution is 2.35. The Morgan fingerprint density at radius 1 is 1.12 bits per heavy atom. The fraction of sp³-hybridized carbons (Fsp3) is 0.812. The van der Waals surface area contributed by atoms with Gasteiger partial charge in [0, 0.05) is 24.7 Å². The predicted molar refractivity (Wildman–Crippen MR) is 97.8 cm³/mol. The lowest BCUT2D eigenvalue weighted by Gasteiger charge is -2.47. The van der Waals surface area contributed by atoms with E-state index in [-0.39, 0.29) is 27.7 Å². The SMILES string of the molecule is COC(CNc1nc(Cl)nc(Cl)n1)CC1CC(C)(C)NC(C)(C)C1. The quantitative estimate of drug-likeness (QED) is 0.791. The molecule has 0 amide bonds. The van der Waals surface area contributed by atoms with Crippen molar-refractivity contribution < 1.29 is 4.74 Å². The van der Waals surface area contributed by atoms with Crippen molar-refractivity contribution in [1.29, 1.82) is 0 Å². The average molecular weight is 376 g/mol. The molecule has 0 saturated carbocycles. The highest BCUT2D eigenvalue weighted by Gasteiger charge is 2.38. The largest absolute Gasteiger partial charge is 0.380 e. The summed E-state index contributed by atoms with van der Waals surface area (Å²) in [5.74, 6) is 0.960. The van der Waals surface area contributed by atoms with E-state index in [1.807, 2.05) is 0 Å². The van der Waals surface area contributed by atoms with Gasteiger partial charge in [-0.1, -0.05) is 0 Å². The van der Waals surface area contributed by atoms with E-state index < -0.39 is 0 Å². The van der Waals surface area contributed by atoms with E-state index in [2.05, 4.69) is 53.3 Å². The van der Waals surface area contributed by atoms with Gasteiger partial charge in [-0.05, 0) is 76.1 Å². The minimum Gasteiger partial charge on any atom is -0.380 e. The number of hydrogen-bond acceptors (Lipinski definition) is 6. The van der Waals surface area contributed by atoms with Gasteiger partial charge in [0.05, 0.1) is 6.10 Å². The Hall–Kier alpha value is -0.690. The van der Waals surface area contributed by atoms with Gasteiger partial charge in [-0.3, -0.25) is 0 Å². The molecular weight excluding hydrogens is 349 g/mol. The van der Waals surface area contributed by atoms with Gasteiger partial charge >= 0.3 is 0 Å². The molecule has 0 radical (unpaired) electrons. The van der Waals surface area contributed by atoms with Gasteiger partial charge in [-0.2, -0.15) is 15.0 Å². The van der Waals surface area contributed by atoms with Gasteiger partial charge in [0.25, 0.3) is 0 Å². The van der Waals surface area contributed by atoms with Crippen LogP contribution >= 0.6 is 23.2 Å². The zero-order chi connectivity index (χ0) is 18.0. The number of rotatable bonds is 6. The van der Waals surface area contributed by atoms with Crippen LogP contribution in [0.3, 0.4) is 0 Å². The van der Waals surface area contributed by atoms with Crippen molar-refractivity contribution in [2.24, 2.45) is 5.92 Å². The summed E-state index contributed by atoms with van der Waals surface area (Å²) < 4.78 is 5.65. The van der Waals surface area contributed by atoms with Gasteiger partial charge in [0.15, 0.2) is 0 Å². The van der Waals surface area contributed by atoms with Gasteiger partial charge < -0.3 is 15.4 Å². The first-order chi connectivity index (χ1) is 11.1. The van der Waals surface area contributed by atoms with Crippen molar-refractivity contribution in [1.82, 2.24) is 20.3 Å². The monoisotopic (exact) mass is 375 g/mol. The maximum absolute atomic E-state index is 5.79. The molecular formula is C16H27Cl2N5O. The van der Waals surface area contributed by atoms with Gasteiger partial charge in [0.2, 0.25) is 16.5 Å². The van der Waals surface area contributed by atoms with Crippen molar-refractivity contribution in [2.45, 2.75) is 64.1 Å². The molecule has 24 heavy (non-hydrogen) atoms. The Morgan fingerprint density at radius 3 is 2.17 bits per heavy atom. The Bertz CT molecular complexity index is 531. The number of piperidine rings is 1. The van der Waals surface area contributed by atoms with Crippen molar-refractivity contribution in [3.05, 3.63) is 10.6 Å². The van der Waals surface area contributed by atoms with E-state index in [0.717, 1.165) is 19.3 Å². The molecule has 2 N–H and O–H groups in total. The molecule has 1 aliphatic heterocycles. The summed E-state index contributed by atoms with van der Waals surface area (Å²) >= 11 is 11.6. The van der Waals surface area contributed by atoms with Crippen LogP contribution in [0.15, 0.2) is 0 Å². The smallest absolute Gasteiger partial charge is 0.228 e. The number of nitrogens with one attached hydrogen (secondary N) is 2. The zero-order valence-corrected chi connectivity index (χ0v) is 16.5. The maximum atomic E-state index is 5.79. The third kappa shape index (κ3) is 5.99. The Balaban J connectivity index is 1.94.